The molecule has 0 aliphatic rings. The maximum atomic E-state index is 10.2. The maximum Gasteiger partial charge on any atom is 0.330 e. The molecule has 1 aromatic carbocycles. The van der Waals surface area contributed by atoms with Gasteiger partial charge in [-0.25, -0.2) is 15.0 Å². The minimum atomic E-state index is -4.27. The molecule has 0 amide bonds. The van der Waals surface area contributed by atoms with Crippen molar-refractivity contribution in [1.82, 2.24) is 19.9 Å². The van der Waals surface area contributed by atoms with E-state index in [1.807, 2.05) is 42.5 Å². The van der Waals surface area contributed by atoms with Crippen molar-refractivity contribution in [2.24, 2.45) is 0 Å². The van der Waals surface area contributed by atoms with Crippen LogP contribution >= 0.6 is 0 Å². The summed E-state index contributed by atoms with van der Waals surface area (Å²) in [6.07, 6.45) is 3.75. The summed E-state index contributed by atoms with van der Waals surface area (Å²) in [4.78, 5) is 14.0. The second-order valence-corrected chi connectivity index (χ2v) is 5.20. The molecule has 0 fully saturated rings. The van der Waals surface area contributed by atoms with Crippen molar-refractivity contribution in [3.8, 4) is 11.3 Å². The van der Waals surface area contributed by atoms with Crippen molar-refractivity contribution in [3.05, 3.63) is 67.4 Å². The first-order valence-corrected chi connectivity index (χ1v) is 7.49. The number of hydrogen-bond acceptors (Lipinski definition) is 6. The van der Waals surface area contributed by atoms with Crippen LogP contribution in [-0.4, -0.2) is 32.9 Å². The number of nitrogens with zero attached hydrogens (tertiary/aromatic N) is 4. The van der Waals surface area contributed by atoms with Crippen LogP contribution in [0.1, 0.15) is 0 Å². The molecule has 121 valence electrons. The molecular formula is C14H11IrN4O3S-. The van der Waals surface area contributed by atoms with Gasteiger partial charge in [0, 0.05) is 26.3 Å². The number of hydrogen-bond donors (Lipinski definition) is 1. The first-order chi connectivity index (χ1) is 10.6. The molecule has 23 heavy (non-hydrogen) atoms. The Labute approximate surface area is 147 Å². The summed E-state index contributed by atoms with van der Waals surface area (Å²) in [5.41, 5.74) is 2.01. The average molecular weight is 508 g/mol. The van der Waals surface area contributed by atoms with Gasteiger partial charge in [-0.2, -0.15) is 8.42 Å². The van der Waals surface area contributed by atoms with Gasteiger partial charge in [-0.3, -0.25) is 4.55 Å². The van der Waals surface area contributed by atoms with E-state index in [-0.39, 0.29) is 20.1 Å². The minimum Gasteiger partial charge on any atom is -0.305 e. The monoisotopic (exact) mass is 508 g/mol. The molecule has 7 nitrogen and oxygen atoms in total. The Morgan fingerprint density at radius 3 is 2.13 bits per heavy atom. The van der Waals surface area contributed by atoms with Gasteiger partial charge in [-0.1, -0.05) is 12.1 Å². The third kappa shape index (κ3) is 6.29. The van der Waals surface area contributed by atoms with Crippen LogP contribution in [-0.2, 0) is 30.2 Å². The summed E-state index contributed by atoms with van der Waals surface area (Å²) in [5.74, 6) is 0. The van der Waals surface area contributed by atoms with Crippen LogP contribution in [0.5, 0.6) is 0 Å². The van der Waals surface area contributed by atoms with Crippen LogP contribution in [0.3, 0.4) is 0 Å². The van der Waals surface area contributed by atoms with E-state index in [4.69, 9.17) is 4.55 Å². The van der Waals surface area contributed by atoms with E-state index in [2.05, 4.69) is 26.0 Å². The smallest absolute Gasteiger partial charge is 0.305 e. The summed E-state index contributed by atoms with van der Waals surface area (Å²) in [7, 11) is -4.27. The molecule has 0 saturated heterocycles. The summed E-state index contributed by atoms with van der Waals surface area (Å²) in [6.45, 7) is 0. The first kappa shape index (κ1) is 19.0. The average Bonchev–Trinajstić information content (AvgIpc) is 2.57. The zero-order valence-corrected chi connectivity index (χ0v) is 14.8. The number of rotatable bonds is 2. The van der Waals surface area contributed by atoms with E-state index in [1.165, 1.54) is 0 Å². The van der Waals surface area contributed by atoms with E-state index in [1.54, 1.807) is 6.20 Å². The zero-order valence-electron chi connectivity index (χ0n) is 11.6. The number of benzene rings is 1. The van der Waals surface area contributed by atoms with E-state index < -0.39 is 15.3 Å². The second-order valence-electron chi connectivity index (χ2n) is 3.89. The fourth-order valence-corrected chi connectivity index (χ4v) is 1.80. The van der Waals surface area contributed by atoms with Gasteiger partial charge in [0.25, 0.3) is 5.16 Å². The van der Waals surface area contributed by atoms with Gasteiger partial charge >= 0.3 is 10.1 Å². The Morgan fingerprint density at radius 1 is 0.957 bits per heavy atom. The molecule has 2 aromatic heterocycles. The van der Waals surface area contributed by atoms with E-state index in [9.17, 15) is 8.42 Å². The van der Waals surface area contributed by atoms with Crippen LogP contribution in [0.4, 0.5) is 0 Å². The summed E-state index contributed by atoms with van der Waals surface area (Å²) in [5, 5.41) is -0.637. The van der Waals surface area contributed by atoms with Gasteiger partial charge in [0.2, 0.25) is 0 Å². The molecule has 3 rings (SSSR count). The topological polar surface area (TPSA) is 106 Å². The Bertz CT molecular complexity index is 766. The molecule has 0 bridgehead atoms. The minimum absolute atomic E-state index is 0. The molecular weight excluding hydrogens is 496 g/mol. The second kappa shape index (κ2) is 9.16. The molecule has 1 N–H and O–H groups in total. The van der Waals surface area contributed by atoms with Gasteiger partial charge in [-0.15, -0.1) is 35.9 Å². The third-order valence-electron chi connectivity index (χ3n) is 2.35. The van der Waals surface area contributed by atoms with Gasteiger partial charge in [0.1, 0.15) is 12.7 Å². The van der Waals surface area contributed by atoms with Gasteiger partial charge in [-0.05, 0) is 11.8 Å². The van der Waals surface area contributed by atoms with Crippen LogP contribution in [0.25, 0.3) is 11.3 Å². The molecule has 3 aromatic rings. The van der Waals surface area contributed by atoms with Crippen molar-refractivity contribution in [1.29, 1.82) is 0 Å². The van der Waals surface area contributed by atoms with E-state index in [0.717, 1.165) is 23.9 Å². The molecule has 0 aliphatic carbocycles. The molecule has 0 saturated carbocycles. The molecule has 1 radical (unpaired) electrons. The Hall–Kier alpha value is -2.06. The maximum absolute atomic E-state index is 10.2. The molecule has 0 spiro atoms. The Morgan fingerprint density at radius 2 is 1.65 bits per heavy atom. The van der Waals surface area contributed by atoms with Crippen LogP contribution in [0.2, 0.25) is 0 Å². The number of pyridine rings is 1. The SMILES string of the molecule is O=S(=O)(O)c1ncncn1.[Ir].[c-]1ccccc1-c1ccccn1. The number of aromatic nitrogens is 4. The van der Waals surface area contributed by atoms with Crippen molar-refractivity contribution in [2.75, 3.05) is 0 Å². The van der Waals surface area contributed by atoms with Gasteiger partial charge in [0.15, 0.2) is 0 Å². The van der Waals surface area contributed by atoms with Crippen LogP contribution in [0.15, 0.2) is 66.5 Å². The normalized spacial score (nSPS) is 9.96. The molecule has 9 heteroatoms. The molecule has 0 aliphatic heterocycles. The summed E-state index contributed by atoms with van der Waals surface area (Å²) < 4.78 is 28.8. The Balaban J connectivity index is 0.000000224. The zero-order chi connectivity index (χ0) is 15.8. The third-order valence-corrected chi connectivity index (χ3v) is 3.02. The quantitative estimate of drug-likeness (QED) is 0.416. The fourth-order valence-electron chi connectivity index (χ4n) is 1.44. The van der Waals surface area contributed by atoms with Crippen LogP contribution < -0.4 is 0 Å². The molecule has 0 unspecified atom stereocenters. The van der Waals surface area contributed by atoms with Crippen LogP contribution in [0, 0.1) is 6.07 Å². The predicted molar refractivity (Wildman–Crippen MR) is 78.2 cm³/mol. The van der Waals surface area contributed by atoms with Gasteiger partial charge in [0.05, 0.1) is 0 Å². The standard InChI is InChI=1S/C11H8N.C3H3N3O3S.Ir/c1-2-6-10(7-3-1)11-8-4-5-9-12-11;7-10(8,9)3-5-1-4-2-6-3;/h1-6,8-9H;1-2H,(H,7,8,9);/q-1;;. The largest absolute Gasteiger partial charge is 0.330 e. The van der Waals surface area contributed by atoms with Crippen molar-refractivity contribution < 1.29 is 33.1 Å². The predicted octanol–water partition coefficient (Wildman–Crippen LogP) is 1.66. The van der Waals surface area contributed by atoms with Crippen molar-refractivity contribution >= 4 is 10.1 Å². The summed E-state index contributed by atoms with van der Waals surface area (Å²) in [6, 6.07) is 16.8. The Kier molecular flexibility index (Phi) is 7.56. The fraction of sp³-hybridized carbons (Fsp3) is 0. The van der Waals surface area contributed by atoms with E-state index >= 15 is 0 Å². The molecule has 2 heterocycles. The van der Waals surface area contributed by atoms with Crippen molar-refractivity contribution in [3.63, 3.8) is 0 Å². The first-order valence-electron chi connectivity index (χ1n) is 6.05. The van der Waals surface area contributed by atoms with E-state index in [0.29, 0.717) is 0 Å². The summed E-state index contributed by atoms with van der Waals surface area (Å²) >= 11 is 0. The van der Waals surface area contributed by atoms with Gasteiger partial charge < -0.3 is 4.98 Å². The molecule has 0 atom stereocenters. The van der Waals surface area contributed by atoms with Crippen molar-refractivity contribution in [2.45, 2.75) is 5.16 Å².